The van der Waals surface area contributed by atoms with E-state index in [-0.39, 0.29) is 0 Å². The third-order valence-electron chi connectivity index (χ3n) is 1.64. The summed E-state index contributed by atoms with van der Waals surface area (Å²) in [7, 11) is 3.70. The topological polar surface area (TPSA) is 53.1 Å². The zero-order chi connectivity index (χ0) is 10.6. The van der Waals surface area contributed by atoms with E-state index in [1.54, 1.807) is 17.3 Å². The second kappa shape index (κ2) is 4.47. The van der Waals surface area contributed by atoms with Crippen LogP contribution in [0, 0.1) is 11.3 Å². The van der Waals surface area contributed by atoms with Crippen molar-refractivity contribution < 1.29 is 4.42 Å². The summed E-state index contributed by atoms with van der Waals surface area (Å²) in [6.45, 7) is 1.98. The van der Waals surface area contributed by atoms with Gasteiger partial charge in [-0.3, -0.25) is 0 Å². The molecule has 0 aliphatic carbocycles. The summed E-state index contributed by atoms with van der Waals surface area (Å²) in [6, 6.07) is 2.05. The average Bonchev–Trinajstić information content (AvgIpc) is 2.62. The zero-order valence-corrected chi connectivity index (χ0v) is 8.61. The Balaban J connectivity index is 2.97. The summed E-state index contributed by atoms with van der Waals surface area (Å²) in [4.78, 5) is 5.81. The van der Waals surface area contributed by atoms with E-state index < -0.39 is 0 Å². The fraction of sp³-hybridized carbons (Fsp3) is 0.400. The highest BCUT2D eigenvalue weighted by atomic mass is 16.4. The van der Waals surface area contributed by atoms with Gasteiger partial charge in [0.2, 0.25) is 5.89 Å². The Hall–Kier alpha value is -1.76. The Labute approximate surface area is 83.5 Å². The maximum absolute atomic E-state index is 8.87. The summed E-state index contributed by atoms with van der Waals surface area (Å²) < 4.78 is 5.36. The zero-order valence-electron chi connectivity index (χ0n) is 8.61. The van der Waals surface area contributed by atoms with Gasteiger partial charge in [-0.05, 0) is 0 Å². The quantitative estimate of drug-likeness (QED) is 0.682. The molecule has 0 saturated heterocycles. The van der Waals surface area contributed by atoms with Crippen LogP contribution in [-0.4, -0.2) is 24.0 Å². The van der Waals surface area contributed by atoms with Crippen molar-refractivity contribution in [2.24, 2.45) is 0 Å². The second-order valence-corrected chi connectivity index (χ2v) is 3.10. The van der Waals surface area contributed by atoms with E-state index in [9.17, 15) is 0 Å². The molecule has 1 heterocycles. The van der Waals surface area contributed by atoms with Crippen LogP contribution in [0.3, 0.4) is 0 Å². The van der Waals surface area contributed by atoms with Gasteiger partial charge in [-0.25, -0.2) is 4.98 Å². The van der Waals surface area contributed by atoms with Crippen molar-refractivity contribution >= 4 is 5.57 Å². The number of hydrogen-bond donors (Lipinski definition) is 0. The van der Waals surface area contributed by atoms with Gasteiger partial charge in [0, 0.05) is 26.7 Å². The van der Waals surface area contributed by atoms with Crippen LogP contribution in [0.4, 0.5) is 0 Å². The Kier molecular flexibility index (Phi) is 3.29. The van der Waals surface area contributed by atoms with Gasteiger partial charge in [0.25, 0.3) is 0 Å². The molecule has 0 N–H and O–H groups in total. The predicted molar refractivity (Wildman–Crippen MR) is 53.2 cm³/mol. The third-order valence-corrected chi connectivity index (χ3v) is 1.64. The molecule has 1 aromatic heterocycles. The average molecular weight is 191 g/mol. The molecule has 0 fully saturated rings. The predicted octanol–water partition coefficient (Wildman–Crippen LogP) is 1.66. The third kappa shape index (κ3) is 2.36. The van der Waals surface area contributed by atoms with E-state index in [2.05, 4.69) is 11.1 Å². The molecule has 1 aromatic rings. The molecule has 14 heavy (non-hydrogen) atoms. The van der Waals surface area contributed by atoms with Gasteiger partial charge in [-0.15, -0.1) is 0 Å². The standard InChI is InChI=1S/C10H13N3O/c1-4-9-6-12-10(14-9)8(5-11)7-13(2)3/h6-7H,4H2,1-3H3/b8-7-. The number of nitrogens with zero attached hydrogens (tertiary/aromatic N) is 3. The van der Waals surface area contributed by atoms with Gasteiger partial charge in [0.1, 0.15) is 17.4 Å². The second-order valence-electron chi connectivity index (χ2n) is 3.10. The van der Waals surface area contributed by atoms with Gasteiger partial charge in [0.05, 0.1) is 6.20 Å². The molecule has 0 spiro atoms. The van der Waals surface area contributed by atoms with E-state index in [1.807, 2.05) is 21.0 Å². The highest BCUT2D eigenvalue weighted by Crippen LogP contribution is 2.14. The number of aryl methyl sites for hydroxylation is 1. The molecular formula is C10H13N3O. The summed E-state index contributed by atoms with van der Waals surface area (Å²) in [5.41, 5.74) is 0.440. The number of oxazole rings is 1. The van der Waals surface area contributed by atoms with Crippen LogP contribution in [0.25, 0.3) is 5.57 Å². The molecule has 0 aromatic carbocycles. The minimum absolute atomic E-state index is 0.387. The first-order valence-electron chi connectivity index (χ1n) is 4.40. The molecular weight excluding hydrogens is 178 g/mol. The number of allylic oxidation sites excluding steroid dienone is 1. The van der Waals surface area contributed by atoms with Crippen LogP contribution in [0.15, 0.2) is 16.8 Å². The fourth-order valence-electron chi connectivity index (χ4n) is 0.986. The Morgan fingerprint density at radius 2 is 2.43 bits per heavy atom. The number of nitriles is 1. The lowest BCUT2D eigenvalue weighted by Crippen LogP contribution is -2.02. The molecule has 0 bridgehead atoms. The molecule has 1 rings (SSSR count). The SMILES string of the molecule is CCc1cnc(/C(C#N)=C\N(C)C)o1. The number of hydrogen-bond acceptors (Lipinski definition) is 4. The van der Waals surface area contributed by atoms with Gasteiger partial charge < -0.3 is 9.32 Å². The maximum atomic E-state index is 8.87. The highest BCUT2D eigenvalue weighted by molar-refractivity contribution is 5.71. The molecule has 0 aliphatic heterocycles. The lowest BCUT2D eigenvalue weighted by Gasteiger charge is -2.03. The summed E-state index contributed by atoms with van der Waals surface area (Å²) >= 11 is 0. The minimum Gasteiger partial charge on any atom is -0.440 e. The number of rotatable bonds is 3. The first-order chi connectivity index (χ1) is 6.67. The van der Waals surface area contributed by atoms with E-state index in [0.717, 1.165) is 12.2 Å². The van der Waals surface area contributed by atoms with Crippen molar-refractivity contribution in [2.75, 3.05) is 14.1 Å². The van der Waals surface area contributed by atoms with E-state index in [1.165, 1.54) is 0 Å². The lowest BCUT2D eigenvalue weighted by atomic mass is 10.3. The molecule has 0 amide bonds. The van der Waals surface area contributed by atoms with Crippen LogP contribution in [0.5, 0.6) is 0 Å². The van der Waals surface area contributed by atoms with Crippen molar-refractivity contribution in [3.05, 3.63) is 24.0 Å². The van der Waals surface area contributed by atoms with Crippen LogP contribution in [-0.2, 0) is 6.42 Å². The van der Waals surface area contributed by atoms with E-state index >= 15 is 0 Å². The lowest BCUT2D eigenvalue weighted by molar-refractivity contribution is 0.494. The van der Waals surface area contributed by atoms with Crippen LogP contribution in [0.1, 0.15) is 18.6 Å². The summed E-state index contributed by atoms with van der Waals surface area (Å²) in [5.74, 6) is 1.18. The minimum atomic E-state index is 0.387. The van der Waals surface area contributed by atoms with Crippen molar-refractivity contribution in [1.29, 1.82) is 5.26 Å². The molecule has 4 nitrogen and oxygen atoms in total. The maximum Gasteiger partial charge on any atom is 0.238 e. The van der Waals surface area contributed by atoms with Crippen molar-refractivity contribution in [3.63, 3.8) is 0 Å². The van der Waals surface area contributed by atoms with Gasteiger partial charge in [-0.2, -0.15) is 5.26 Å². The van der Waals surface area contributed by atoms with Gasteiger partial charge in [0.15, 0.2) is 0 Å². The van der Waals surface area contributed by atoms with Crippen LogP contribution >= 0.6 is 0 Å². The summed E-state index contributed by atoms with van der Waals surface area (Å²) in [5, 5.41) is 8.87. The van der Waals surface area contributed by atoms with Gasteiger partial charge >= 0.3 is 0 Å². The molecule has 0 aliphatic rings. The molecule has 0 atom stereocenters. The first-order valence-corrected chi connectivity index (χ1v) is 4.40. The highest BCUT2D eigenvalue weighted by Gasteiger charge is 2.08. The molecule has 4 heteroatoms. The Morgan fingerprint density at radius 1 is 1.71 bits per heavy atom. The van der Waals surface area contributed by atoms with Crippen molar-refractivity contribution in [2.45, 2.75) is 13.3 Å². The monoisotopic (exact) mass is 191 g/mol. The fourth-order valence-corrected chi connectivity index (χ4v) is 0.986. The van der Waals surface area contributed by atoms with Crippen LogP contribution in [0.2, 0.25) is 0 Å². The van der Waals surface area contributed by atoms with Crippen molar-refractivity contribution in [3.8, 4) is 6.07 Å². The molecule has 0 radical (unpaired) electrons. The van der Waals surface area contributed by atoms with E-state index in [0.29, 0.717) is 11.5 Å². The van der Waals surface area contributed by atoms with Crippen molar-refractivity contribution in [1.82, 2.24) is 9.88 Å². The van der Waals surface area contributed by atoms with Gasteiger partial charge in [-0.1, -0.05) is 6.92 Å². The van der Waals surface area contributed by atoms with Crippen LogP contribution < -0.4 is 0 Å². The molecule has 0 saturated carbocycles. The Bertz CT molecular complexity index is 371. The summed E-state index contributed by atoms with van der Waals surface area (Å²) in [6.07, 6.45) is 4.12. The molecule has 0 unspecified atom stereocenters. The largest absolute Gasteiger partial charge is 0.440 e. The number of aromatic nitrogens is 1. The first kappa shape index (κ1) is 10.3. The molecule has 74 valence electrons. The smallest absolute Gasteiger partial charge is 0.238 e. The normalized spacial score (nSPS) is 11.1. The Morgan fingerprint density at radius 3 is 2.86 bits per heavy atom. The van der Waals surface area contributed by atoms with E-state index in [4.69, 9.17) is 9.68 Å².